The molecule has 1 aliphatic heterocycles. The lowest BCUT2D eigenvalue weighted by atomic mass is 9.96. The van der Waals surface area contributed by atoms with Gasteiger partial charge in [0.05, 0.1) is 11.6 Å². The van der Waals surface area contributed by atoms with Gasteiger partial charge in [0.1, 0.15) is 0 Å². The third-order valence-corrected chi connectivity index (χ3v) is 5.53. The van der Waals surface area contributed by atoms with Gasteiger partial charge in [0.15, 0.2) is 5.82 Å². The molecule has 0 spiro atoms. The zero-order valence-electron chi connectivity index (χ0n) is 17.4. The normalized spacial score (nSPS) is 16.8. The number of aromatic nitrogens is 2. The van der Waals surface area contributed by atoms with Gasteiger partial charge in [-0.1, -0.05) is 37.1 Å². The predicted molar refractivity (Wildman–Crippen MR) is 114 cm³/mol. The molecule has 1 aliphatic rings. The number of hydrogen-bond acceptors (Lipinski definition) is 4. The van der Waals surface area contributed by atoms with Crippen LogP contribution in [0.3, 0.4) is 0 Å². The van der Waals surface area contributed by atoms with Gasteiger partial charge in [-0.3, -0.25) is 4.79 Å². The van der Waals surface area contributed by atoms with Crippen LogP contribution in [0.15, 0.2) is 36.4 Å². The van der Waals surface area contributed by atoms with Gasteiger partial charge in [-0.05, 0) is 51.3 Å². The molecule has 0 saturated carbocycles. The molecule has 1 unspecified atom stereocenters. The third kappa shape index (κ3) is 4.89. The topological polar surface area (TPSA) is 49.3 Å². The van der Waals surface area contributed by atoms with E-state index in [1.54, 1.807) is 0 Å². The number of aryl methyl sites for hydroxylation is 1. The first-order valence-electron chi connectivity index (χ1n) is 10.6. The van der Waals surface area contributed by atoms with Crippen LogP contribution in [0.5, 0.6) is 0 Å². The van der Waals surface area contributed by atoms with E-state index in [9.17, 15) is 4.79 Å². The van der Waals surface area contributed by atoms with Crippen LogP contribution in [0.25, 0.3) is 11.3 Å². The number of hydrogen-bond donors (Lipinski definition) is 0. The van der Waals surface area contributed by atoms with Crippen molar-refractivity contribution < 1.29 is 4.79 Å². The molecule has 1 atom stereocenters. The minimum absolute atomic E-state index is 0.0591. The van der Waals surface area contributed by atoms with Gasteiger partial charge in [-0.2, -0.15) is 0 Å². The first kappa shape index (κ1) is 20.3. The number of piperidine rings is 1. The average molecular weight is 381 g/mol. The standard InChI is InChI=1S/C23H32N4O/c1-4-6-14-26(5-2)23(28)20-11-8-15-27(17-20)22-13-12-21(24-25-22)19-10-7-9-18(3)16-19/h7,9-10,12-13,16,20H,4-6,8,11,14-15,17H2,1-3H3. The number of anilines is 1. The molecule has 150 valence electrons. The molecule has 5 heteroatoms. The van der Waals surface area contributed by atoms with Crippen molar-refractivity contribution in [3.8, 4) is 11.3 Å². The highest BCUT2D eigenvalue weighted by Gasteiger charge is 2.29. The summed E-state index contributed by atoms with van der Waals surface area (Å²) in [7, 11) is 0. The fraction of sp³-hybridized carbons (Fsp3) is 0.522. The summed E-state index contributed by atoms with van der Waals surface area (Å²) in [6.45, 7) is 9.65. The molecule has 1 fully saturated rings. The van der Waals surface area contributed by atoms with E-state index in [1.807, 2.05) is 23.1 Å². The second kappa shape index (κ2) is 9.67. The number of rotatable bonds is 7. The summed E-state index contributed by atoms with van der Waals surface area (Å²) in [5.41, 5.74) is 3.18. The monoisotopic (exact) mass is 380 g/mol. The Kier molecular flexibility index (Phi) is 7.01. The number of amides is 1. The fourth-order valence-corrected chi connectivity index (χ4v) is 3.87. The highest BCUT2D eigenvalue weighted by Crippen LogP contribution is 2.25. The maximum Gasteiger partial charge on any atom is 0.227 e. The minimum atomic E-state index is 0.0591. The van der Waals surface area contributed by atoms with E-state index >= 15 is 0 Å². The van der Waals surface area contributed by atoms with E-state index in [4.69, 9.17) is 0 Å². The number of carbonyl (C=O) groups excluding carboxylic acids is 1. The largest absolute Gasteiger partial charge is 0.354 e. The average Bonchev–Trinajstić information content (AvgIpc) is 2.74. The Morgan fingerprint density at radius 1 is 1.21 bits per heavy atom. The smallest absolute Gasteiger partial charge is 0.227 e. The van der Waals surface area contributed by atoms with Crippen molar-refractivity contribution in [2.24, 2.45) is 5.92 Å². The highest BCUT2D eigenvalue weighted by molar-refractivity contribution is 5.79. The molecule has 2 aromatic rings. The van der Waals surface area contributed by atoms with Crippen molar-refractivity contribution in [3.63, 3.8) is 0 Å². The van der Waals surface area contributed by atoms with Crippen LogP contribution in [-0.2, 0) is 4.79 Å². The second-order valence-electron chi connectivity index (χ2n) is 7.70. The van der Waals surface area contributed by atoms with Gasteiger partial charge in [0.25, 0.3) is 0 Å². The van der Waals surface area contributed by atoms with Crippen LogP contribution in [-0.4, -0.2) is 47.2 Å². The summed E-state index contributed by atoms with van der Waals surface area (Å²) < 4.78 is 0. The van der Waals surface area contributed by atoms with Crippen molar-refractivity contribution in [1.82, 2.24) is 15.1 Å². The fourth-order valence-electron chi connectivity index (χ4n) is 3.87. The highest BCUT2D eigenvalue weighted by atomic mass is 16.2. The van der Waals surface area contributed by atoms with E-state index in [0.717, 1.165) is 68.9 Å². The molecule has 28 heavy (non-hydrogen) atoms. The molecule has 3 rings (SSSR count). The molecule has 1 amide bonds. The Labute approximate surface area is 168 Å². The lowest BCUT2D eigenvalue weighted by molar-refractivity contribution is -0.135. The van der Waals surface area contributed by atoms with Crippen LogP contribution >= 0.6 is 0 Å². The van der Waals surface area contributed by atoms with Crippen LogP contribution in [0.2, 0.25) is 0 Å². The summed E-state index contributed by atoms with van der Waals surface area (Å²) in [4.78, 5) is 17.2. The van der Waals surface area contributed by atoms with Gasteiger partial charge in [0, 0.05) is 31.7 Å². The first-order valence-corrected chi connectivity index (χ1v) is 10.6. The summed E-state index contributed by atoms with van der Waals surface area (Å²) in [5.74, 6) is 1.22. The Morgan fingerprint density at radius 2 is 2.07 bits per heavy atom. The number of nitrogens with zero attached hydrogens (tertiary/aromatic N) is 4. The van der Waals surface area contributed by atoms with Crippen molar-refractivity contribution in [3.05, 3.63) is 42.0 Å². The SMILES string of the molecule is CCCCN(CC)C(=O)C1CCCN(c2ccc(-c3cccc(C)c3)nn2)C1. The van der Waals surface area contributed by atoms with Gasteiger partial charge in [-0.25, -0.2) is 0 Å². The zero-order chi connectivity index (χ0) is 19.9. The minimum Gasteiger partial charge on any atom is -0.354 e. The van der Waals surface area contributed by atoms with Gasteiger partial charge in [-0.15, -0.1) is 10.2 Å². The van der Waals surface area contributed by atoms with E-state index in [2.05, 4.69) is 54.1 Å². The maximum absolute atomic E-state index is 12.9. The summed E-state index contributed by atoms with van der Waals surface area (Å²) in [5, 5.41) is 8.91. The summed E-state index contributed by atoms with van der Waals surface area (Å²) >= 11 is 0. The van der Waals surface area contributed by atoms with Gasteiger partial charge < -0.3 is 9.80 Å². The van der Waals surface area contributed by atoms with Gasteiger partial charge >= 0.3 is 0 Å². The van der Waals surface area contributed by atoms with Crippen molar-refractivity contribution in [2.45, 2.75) is 46.5 Å². The Hall–Kier alpha value is -2.43. The number of unbranched alkanes of at least 4 members (excludes halogenated alkanes) is 1. The molecular weight excluding hydrogens is 348 g/mol. The molecule has 5 nitrogen and oxygen atoms in total. The van der Waals surface area contributed by atoms with Crippen LogP contribution in [0, 0.1) is 12.8 Å². The third-order valence-electron chi connectivity index (χ3n) is 5.53. The Balaban J connectivity index is 1.67. The van der Waals surface area contributed by atoms with E-state index in [0.29, 0.717) is 5.91 Å². The van der Waals surface area contributed by atoms with Crippen LogP contribution in [0.1, 0.15) is 45.1 Å². The van der Waals surface area contributed by atoms with E-state index < -0.39 is 0 Å². The Morgan fingerprint density at radius 3 is 2.75 bits per heavy atom. The van der Waals surface area contributed by atoms with Crippen molar-refractivity contribution in [1.29, 1.82) is 0 Å². The van der Waals surface area contributed by atoms with Crippen LogP contribution in [0.4, 0.5) is 5.82 Å². The lowest BCUT2D eigenvalue weighted by Crippen LogP contribution is -2.45. The van der Waals surface area contributed by atoms with Crippen LogP contribution < -0.4 is 4.90 Å². The second-order valence-corrected chi connectivity index (χ2v) is 7.70. The first-order chi connectivity index (χ1) is 13.6. The van der Waals surface area contributed by atoms with Gasteiger partial charge in [0.2, 0.25) is 5.91 Å². The molecule has 0 aliphatic carbocycles. The number of benzene rings is 1. The van der Waals surface area contributed by atoms with E-state index in [1.165, 1.54) is 5.56 Å². The predicted octanol–water partition coefficient (Wildman–Crippen LogP) is 4.32. The lowest BCUT2D eigenvalue weighted by Gasteiger charge is -2.35. The molecule has 0 radical (unpaired) electrons. The molecule has 0 bridgehead atoms. The molecule has 2 heterocycles. The number of carbonyl (C=O) groups is 1. The molecule has 1 aromatic heterocycles. The van der Waals surface area contributed by atoms with E-state index in [-0.39, 0.29) is 5.92 Å². The maximum atomic E-state index is 12.9. The van der Waals surface area contributed by atoms with Crippen molar-refractivity contribution in [2.75, 3.05) is 31.1 Å². The zero-order valence-corrected chi connectivity index (χ0v) is 17.4. The molecule has 0 N–H and O–H groups in total. The summed E-state index contributed by atoms with van der Waals surface area (Å²) in [6.07, 6.45) is 4.17. The van der Waals surface area contributed by atoms with Crippen molar-refractivity contribution >= 4 is 11.7 Å². The molecular formula is C23H32N4O. The molecule has 1 saturated heterocycles. The summed E-state index contributed by atoms with van der Waals surface area (Å²) in [6, 6.07) is 12.4. The Bertz CT molecular complexity index is 774. The quantitative estimate of drug-likeness (QED) is 0.718. The molecule has 1 aromatic carbocycles.